The molecule has 1 N–H and O–H groups in total. The molecule has 122 valence electrons. The van der Waals surface area contributed by atoms with E-state index in [9.17, 15) is 13.5 Å². The van der Waals surface area contributed by atoms with Gasteiger partial charge < -0.3 is 5.11 Å². The van der Waals surface area contributed by atoms with E-state index >= 15 is 0 Å². The number of hydrogen-bond acceptors (Lipinski definition) is 4. The molecule has 2 heterocycles. The minimum absolute atomic E-state index is 0.254. The molecule has 4 rings (SSSR count). The zero-order valence-electron chi connectivity index (χ0n) is 13.1. The Morgan fingerprint density at radius 1 is 1.35 bits per heavy atom. The molecule has 2 aromatic rings. The van der Waals surface area contributed by atoms with Gasteiger partial charge in [-0.25, -0.2) is 8.42 Å². The molecule has 1 aliphatic carbocycles. The predicted molar refractivity (Wildman–Crippen MR) is 87.6 cm³/mol. The fourth-order valence-electron chi connectivity index (χ4n) is 3.65. The van der Waals surface area contributed by atoms with E-state index < -0.39 is 15.6 Å². The molecule has 23 heavy (non-hydrogen) atoms. The number of pyridine rings is 1. The SMILES string of the molecule is Cc1cc(S(=O)(=O)N2CCCC2C2(O)CC2)c2ncccc2c1. The van der Waals surface area contributed by atoms with Crippen molar-refractivity contribution in [1.82, 2.24) is 9.29 Å². The van der Waals surface area contributed by atoms with Gasteiger partial charge in [0.1, 0.15) is 4.90 Å². The van der Waals surface area contributed by atoms with Crippen LogP contribution in [0.5, 0.6) is 0 Å². The highest BCUT2D eigenvalue weighted by atomic mass is 32.2. The van der Waals surface area contributed by atoms with Gasteiger partial charge in [-0.1, -0.05) is 6.07 Å². The van der Waals surface area contributed by atoms with E-state index in [1.807, 2.05) is 25.1 Å². The van der Waals surface area contributed by atoms with Crippen molar-refractivity contribution in [3.63, 3.8) is 0 Å². The summed E-state index contributed by atoms with van der Waals surface area (Å²) >= 11 is 0. The van der Waals surface area contributed by atoms with Crippen LogP contribution in [0, 0.1) is 6.92 Å². The first-order valence-electron chi connectivity index (χ1n) is 8.01. The van der Waals surface area contributed by atoms with E-state index in [0.29, 0.717) is 24.9 Å². The molecule has 1 saturated heterocycles. The third-order valence-corrected chi connectivity index (χ3v) is 6.91. The van der Waals surface area contributed by atoms with Gasteiger partial charge in [-0.2, -0.15) is 4.31 Å². The third-order valence-electron chi connectivity index (χ3n) is 4.99. The van der Waals surface area contributed by atoms with E-state index in [1.165, 1.54) is 4.31 Å². The first-order valence-corrected chi connectivity index (χ1v) is 9.45. The fraction of sp³-hybridized carbons (Fsp3) is 0.471. The first kappa shape index (κ1) is 15.1. The summed E-state index contributed by atoms with van der Waals surface area (Å²) in [5.41, 5.74) is 0.577. The van der Waals surface area contributed by atoms with Gasteiger partial charge in [0.2, 0.25) is 10.0 Å². The zero-order chi connectivity index (χ0) is 16.2. The summed E-state index contributed by atoms with van der Waals surface area (Å²) in [6, 6.07) is 7.02. The van der Waals surface area contributed by atoms with Crippen LogP contribution in [-0.2, 0) is 10.0 Å². The maximum Gasteiger partial charge on any atom is 0.245 e. The summed E-state index contributed by atoms with van der Waals surface area (Å²) in [7, 11) is -3.67. The second-order valence-electron chi connectivity index (χ2n) is 6.72. The van der Waals surface area contributed by atoms with Crippen LogP contribution in [-0.4, -0.2) is 41.0 Å². The first-order chi connectivity index (χ1) is 10.9. The number of fused-ring (bicyclic) bond motifs is 1. The second kappa shape index (κ2) is 5.00. The largest absolute Gasteiger partial charge is 0.388 e. The normalized spacial score (nSPS) is 24.2. The van der Waals surface area contributed by atoms with Crippen LogP contribution in [0.1, 0.15) is 31.2 Å². The zero-order valence-corrected chi connectivity index (χ0v) is 13.9. The van der Waals surface area contributed by atoms with Crippen molar-refractivity contribution in [3.05, 3.63) is 36.0 Å². The molecule has 0 spiro atoms. The van der Waals surface area contributed by atoms with Gasteiger partial charge in [0.25, 0.3) is 0 Å². The Kier molecular flexibility index (Phi) is 3.27. The highest BCUT2D eigenvalue weighted by Crippen LogP contribution is 2.46. The number of hydrogen-bond donors (Lipinski definition) is 1. The number of sulfonamides is 1. The average Bonchev–Trinajstić information content (AvgIpc) is 3.07. The molecule has 1 atom stereocenters. The van der Waals surface area contributed by atoms with Crippen LogP contribution in [0.2, 0.25) is 0 Å². The van der Waals surface area contributed by atoms with Crippen LogP contribution in [0.3, 0.4) is 0 Å². The Morgan fingerprint density at radius 3 is 2.87 bits per heavy atom. The maximum absolute atomic E-state index is 13.3. The highest BCUT2D eigenvalue weighted by molar-refractivity contribution is 7.89. The fourth-order valence-corrected chi connectivity index (χ4v) is 5.66. The van der Waals surface area contributed by atoms with Crippen LogP contribution >= 0.6 is 0 Å². The summed E-state index contributed by atoms with van der Waals surface area (Å²) in [5, 5.41) is 11.3. The molecule has 1 aromatic carbocycles. The molecule has 1 aromatic heterocycles. The predicted octanol–water partition coefficient (Wildman–Crippen LogP) is 2.22. The third kappa shape index (κ3) is 2.36. The van der Waals surface area contributed by atoms with Crippen LogP contribution < -0.4 is 0 Å². The summed E-state index contributed by atoms with van der Waals surface area (Å²) in [6.07, 6.45) is 4.52. The van der Waals surface area contributed by atoms with Gasteiger partial charge in [0.15, 0.2) is 0 Å². The molecule has 0 amide bonds. The van der Waals surface area contributed by atoms with Crippen molar-refractivity contribution in [2.75, 3.05) is 6.54 Å². The summed E-state index contributed by atoms with van der Waals surface area (Å²) in [6.45, 7) is 2.36. The lowest BCUT2D eigenvalue weighted by Crippen LogP contribution is -2.44. The molecule has 1 aliphatic heterocycles. The van der Waals surface area contributed by atoms with Gasteiger partial charge in [0, 0.05) is 18.1 Å². The average molecular weight is 332 g/mol. The number of rotatable bonds is 3. The molecule has 1 unspecified atom stereocenters. The van der Waals surface area contributed by atoms with Crippen molar-refractivity contribution in [2.24, 2.45) is 0 Å². The molecule has 5 nitrogen and oxygen atoms in total. The molecule has 0 bridgehead atoms. The number of benzene rings is 1. The van der Waals surface area contributed by atoms with Crippen molar-refractivity contribution in [3.8, 4) is 0 Å². The number of aryl methyl sites for hydroxylation is 1. The van der Waals surface area contributed by atoms with Crippen molar-refractivity contribution < 1.29 is 13.5 Å². The summed E-state index contributed by atoms with van der Waals surface area (Å²) in [5.74, 6) is 0. The summed E-state index contributed by atoms with van der Waals surface area (Å²) < 4.78 is 28.0. The number of aromatic nitrogens is 1. The van der Waals surface area contributed by atoms with Gasteiger partial charge in [0.05, 0.1) is 17.2 Å². The molecule has 1 saturated carbocycles. The second-order valence-corrected chi connectivity index (χ2v) is 8.57. The Balaban J connectivity index is 1.86. The lowest BCUT2D eigenvalue weighted by molar-refractivity contribution is 0.0826. The van der Waals surface area contributed by atoms with Crippen molar-refractivity contribution in [2.45, 2.75) is 49.1 Å². The highest BCUT2D eigenvalue weighted by Gasteiger charge is 2.54. The van der Waals surface area contributed by atoms with Crippen LogP contribution in [0.15, 0.2) is 35.4 Å². The lowest BCUT2D eigenvalue weighted by Gasteiger charge is -2.28. The van der Waals surface area contributed by atoms with E-state index in [1.54, 1.807) is 12.3 Å². The molecule has 2 fully saturated rings. The van der Waals surface area contributed by atoms with Crippen molar-refractivity contribution >= 4 is 20.9 Å². The van der Waals surface area contributed by atoms with Crippen LogP contribution in [0.4, 0.5) is 0 Å². The summed E-state index contributed by atoms with van der Waals surface area (Å²) in [4.78, 5) is 4.55. The Labute approximate surface area is 136 Å². The van der Waals surface area contributed by atoms with E-state index in [-0.39, 0.29) is 10.9 Å². The molecular weight excluding hydrogens is 312 g/mol. The lowest BCUT2D eigenvalue weighted by atomic mass is 10.1. The van der Waals surface area contributed by atoms with E-state index in [2.05, 4.69) is 4.98 Å². The molecule has 2 aliphatic rings. The standard InChI is InChI=1S/C17H20N2O3S/c1-12-10-13-4-2-8-18-16(13)14(11-12)23(21,22)19-9-3-5-15(19)17(20)6-7-17/h2,4,8,10-11,15,20H,3,5-7,9H2,1H3. The van der Waals surface area contributed by atoms with Crippen molar-refractivity contribution in [1.29, 1.82) is 0 Å². The Bertz CT molecular complexity index is 875. The quantitative estimate of drug-likeness (QED) is 0.935. The number of aliphatic hydroxyl groups is 1. The number of nitrogens with zero attached hydrogens (tertiary/aromatic N) is 2. The van der Waals surface area contributed by atoms with E-state index in [4.69, 9.17) is 0 Å². The topological polar surface area (TPSA) is 70.5 Å². The van der Waals surface area contributed by atoms with Gasteiger partial charge in [-0.15, -0.1) is 0 Å². The van der Waals surface area contributed by atoms with Gasteiger partial charge >= 0.3 is 0 Å². The Hall–Kier alpha value is -1.50. The molecular formula is C17H20N2O3S. The molecule has 0 radical (unpaired) electrons. The van der Waals surface area contributed by atoms with Gasteiger partial charge in [-0.05, 0) is 56.4 Å². The Morgan fingerprint density at radius 2 is 2.13 bits per heavy atom. The maximum atomic E-state index is 13.3. The minimum Gasteiger partial charge on any atom is -0.388 e. The monoisotopic (exact) mass is 332 g/mol. The molecule has 6 heteroatoms. The van der Waals surface area contributed by atoms with Crippen LogP contribution in [0.25, 0.3) is 10.9 Å². The van der Waals surface area contributed by atoms with Gasteiger partial charge in [-0.3, -0.25) is 4.98 Å². The minimum atomic E-state index is -3.67. The van der Waals surface area contributed by atoms with E-state index in [0.717, 1.165) is 23.8 Å². The smallest absolute Gasteiger partial charge is 0.245 e.